The minimum Gasteiger partial charge on any atom is -0.368 e. The van der Waals surface area contributed by atoms with Gasteiger partial charge in [-0.15, -0.1) is 0 Å². The molecule has 2 atom stereocenters. The number of likely N-dealkylation sites (N-methyl/N-ethyl adjacent to an activating group) is 1. The Morgan fingerprint density at radius 1 is 1.30 bits per heavy atom. The van der Waals surface area contributed by atoms with Gasteiger partial charge in [-0.2, -0.15) is 4.98 Å². The fourth-order valence-electron chi connectivity index (χ4n) is 4.19. The summed E-state index contributed by atoms with van der Waals surface area (Å²) in [7, 11) is 1.86. The first-order valence-corrected chi connectivity index (χ1v) is 9.29. The third-order valence-electron chi connectivity index (χ3n) is 5.65. The molecule has 8 heteroatoms. The number of benzene rings is 1. The number of rotatable bonds is 2. The Bertz CT molecular complexity index is 878. The predicted octanol–water partition coefficient (Wildman–Crippen LogP) is 1.98. The largest absolute Gasteiger partial charge is 0.368 e. The molecule has 1 aromatic carbocycles. The number of ether oxygens (including phenoxy) is 1. The zero-order chi connectivity index (χ0) is 19.2. The molecular weight excluding hydrogens is 366 g/mol. The summed E-state index contributed by atoms with van der Waals surface area (Å²) in [6.07, 6.45) is 0.493. The SMILES string of the molecule is Cc1nc(N)nc(N2CC[C@]3(c4ccccc4)[C@@H](C2)OCC(=O)N3C)c1Cl. The maximum atomic E-state index is 12.5. The Morgan fingerprint density at radius 2 is 2.04 bits per heavy atom. The van der Waals surface area contributed by atoms with Gasteiger partial charge in [0.2, 0.25) is 11.9 Å². The summed E-state index contributed by atoms with van der Waals surface area (Å²) in [5, 5.41) is 0.497. The minimum absolute atomic E-state index is 0.0105. The lowest BCUT2D eigenvalue weighted by Gasteiger charge is -2.55. The number of aromatic nitrogens is 2. The third kappa shape index (κ3) is 2.82. The molecule has 2 aliphatic rings. The fourth-order valence-corrected chi connectivity index (χ4v) is 4.40. The molecule has 0 saturated carbocycles. The Labute approximate surface area is 163 Å². The van der Waals surface area contributed by atoms with E-state index in [0.717, 1.165) is 5.56 Å². The second-order valence-electron chi connectivity index (χ2n) is 7.04. The van der Waals surface area contributed by atoms with Crippen molar-refractivity contribution in [2.45, 2.75) is 25.0 Å². The highest BCUT2D eigenvalue weighted by Crippen LogP contribution is 2.43. The normalized spacial score (nSPS) is 25.4. The van der Waals surface area contributed by atoms with Crippen LogP contribution in [-0.2, 0) is 15.1 Å². The summed E-state index contributed by atoms with van der Waals surface area (Å²) in [5.41, 5.74) is 7.05. The van der Waals surface area contributed by atoms with Crippen LogP contribution >= 0.6 is 11.6 Å². The summed E-state index contributed by atoms with van der Waals surface area (Å²) in [6.45, 7) is 3.11. The highest BCUT2D eigenvalue weighted by Gasteiger charge is 2.53. The van der Waals surface area contributed by atoms with E-state index < -0.39 is 5.54 Å². The van der Waals surface area contributed by atoms with Crippen LogP contribution < -0.4 is 10.6 Å². The minimum atomic E-state index is -0.507. The number of nitrogens with zero attached hydrogens (tertiary/aromatic N) is 4. The van der Waals surface area contributed by atoms with Gasteiger partial charge in [0.25, 0.3) is 0 Å². The summed E-state index contributed by atoms with van der Waals surface area (Å²) in [6, 6.07) is 10.1. The number of aryl methyl sites for hydroxylation is 1. The van der Waals surface area contributed by atoms with Crippen LogP contribution in [0.4, 0.5) is 11.8 Å². The number of hydrogen-bond acceptors (Lipinski definition) is 6. The zero-order valence-corrected chi connectivity index (χ0v) is 16.1. The van der Waals surface area contributed by atoms with Gasteiger partial charge in [0, 0.05) is 20.1 Å². The van der Waals surface area contributed by atoms with Gasteiger partial charge in [-0.05, 0) is 18.9 Å². The van der Waals surface area contributed by atoms with Crippen molar-refractivity contribution in [3.63, 3.8) is 0 Å². The molecule has 0 aliphatic carbocycles. The van der Waals surface area contributed by atoms with E-state index in [0.29, 0.717) is 36.0 Å². The van der Waals surface area contributed by atoms with Gasteiger partial charge in [-0.25, -0.2) is 4.98 Å². The van der Waals surface area contributed by atoms with E-state index in [4.69, 9.17) is 22.1 Å². The van der Waals surface area contributed by atoms with Crippen LogP contribution in [0.25, 0.3) is 0 Å². The van der Waals surface area contributed by atoms with Gasteiger partial charge < -0.3 is 20.3 Å². The van der Waals surface area contributed by atoms with Crippen LogP contribution in [0.1, 0.15) is 17.7 Å². The number of fused-ring (bicyclic) bond motifs is 1. The van der Waals surface area contributed by atoms with Crippen molar-refractivity contribution in [1.82, 2.24) is 14.9 Å². The zero-order valence-electron chi connectivity index (χ0n) is 15.4. The molecule has 142 valence electrons. The summed E-state index contributed by atoms with van der Waals surface area (Å²) in [5.74, 6) is 0.804. The molecule has 4 rings (SSSR count). The molecule has 0 spiro atoms. The summed E-state index contributed by atoms with van der Waals surface area (Å²) < 4.78 is 6.02. The molecule has 0 radical (unpaired) electrons. The van der Waals surface area contributed by atoms with Gasteiger partial charge in [0.1, 0.15) is 17.7 Å². The van der Waals surface area contributed by atoms with Crippen molar-refractivity contribution in [2.24, 2.45) is 0 Å². The Kier molecular flexibility index (Phi) is 4.44. The summed E-state index contributed by atoms with van der Waals surface area (Å²) >= 11 is 6.45. The molecule has 2 fully saturated rings. The van der Waals surface area contributed by atoms with E-state index in [1.54, 1.807) is 0 Å². The first kappa shape index (κ1) is 18.0. The van der Waals surface area contributed by atoms with Crippen LogP contribution in [0.15, 0.2) is 30.3 Å². The van der Waals surface area contributed by atoms with Crippen LogP contribution in [0.5, 0.6) is 0 Å². The van der Waals surface area contributed by atoms with Crippen LogP contribution in [0, 0.1) is 6.92 Å². The van der Waals surface area contributed by atoms with Crippen LogP contribution in [-0.4, -0.2) is 53.6 Å². The van der Waals surface area contributed by atoms with E-state index in [1.807, 2.05) is 37.1 Å². The predicted molar refractivity (Wildman–Crippen MR) is 104 cm³/mol. The van der Waals surface area contributed by atoms with Gasteiger partial charge >= 0.3 is 0 Å². The number of halogens is 1. The highest BCUT2D eigenvalue weighted by molar-refractivity contribution is 6.33. The number of hydrogen-bond donors (Lipinski definition) is 1. The average molecular weight is 388 g/mol. The fraction of sp³-hybridized carbons (Fsp3) is 0.421. The van der Waals surface area contributed by atoms with Crippen LogP contribution in [0.3, 0.4) is 0 Å². The summed E-state index contributed by atoms with van der Waals surface area (Å²) in [4.78, 5) is 24.8. The molecule has 0 unspecified atom stereocenters. The Morgan fingerprint density at radius 3 is 2.78 bits per heavy atom. The van der Waals surface area contributed by atoms with Crippen molar-refractivity contribution in [3.05, 3.63) is 46.6 Å². The van der Waals surface area contributed by atoms with E-state index in [-0.39, 0.29) is 24.6 Å². The molecule has 2 aromatic rings. The van der Waals surface area contributed by atoms with E-state index in [1.165, 1.54) is 0 Å². The van der Waals surface area contributed by atoms with Crippen molar-refractivity contribution in [1.29, 1.82) is 0 Å². The lowest BCUT2D eigenvalue weighted by molar-refractivity contribution is -0.173. The molecule has 1 amide bonds. The number of morpholine rings is 1. The molecule has 2 saturated heterocycles. The maximum absolute atomic E-state index is 12.5. The second kappa shape index (κ2) is 6.65. The number of nitrogen functional groups attached to an aromatic ring is 1. The van der Waals surface area contributed by atoms with Crippen LogP contribution in [0.2, 0.25) is 5.02 Å². The molecule has 1 aromatic heterocycles. The quantitative estimate of drug-likeness (QED) is 0.848. The topological polar surface area (TPSA) is 84.6 Å². The van der Waals surface area contributed by atoms with Crippen molar-refractivity contribution < 1.29 is 9.53 Å². The Balaban J connectivity index is 1.73. The number of anilines is 2. The molecule has 2 aliphatic heterocycles. The van der Waals surface area contributed by atoms with Gasteiger partial charge in [-0.1, -0.05) is 41.9 Å². The monoisotopic (exact) mass is 387 g/mol. The maximum Gasteiger partial charge on any atom is 0.249 e. The van der Waals surface area contributed by atoms with Crippen molar-refractivity contribution in [2.75, 3.05) is 37.4 Å². The standard InChI is InChI=1S/C19H22ClN5O2/c1-12-16(20)17(23-18(21)22-12)25-9-8-19(13-6-4-3-5-7-13)14(10-25)27-11-15(26)24(19)2/h3-7,14H,8-11H2,1-2H3,(H2,21,22,23)/t14-,19+/m1/s1. The van der Waals surface area contributed by atoms with Gasteiger partial charge in [0.15, 0.2) is 5.82 Å². The first-order chi connectivity index (χ1) is 12.9. The number of nitrogens with two attached hydrogens (primary N) is 1. The molecule has 2 N–H and O–H groups in total. The number of carbonyl (C=O) groups is 1. The molecule has 3 heterocycles. The van der Waals surface area contributed by atoms with Gasteiger partial charge in [-0.3, -0.25) is 4.79 Å². The smallest absolute Gasteiger partial charge is 0.249 e. The highest BCUT2D eigenvalue weighted by atomic mass is 35.5. The van der Waals surface area contributed by atoms with Gasteiger partial charge in [0.05, 0.1) is 11.2 Å². The average Bonchev–Trinajstić information content (AvgIpc) is 2.68. The van der Waals surface area contributed by atoms with E-state index >= 15 is 0 Å². The molecule has 0 bridgehead atoms. The van der Waals surface area contributed by atoms with Crippen molar-refractivity contribution >= 4 is 29.3 Å². The lowest BCUT2D eigenvalue weighted by Crippen LogP contribution is -2.67. The molecule has 7 nitrogen and oxygen atoms in total. The van der Waals surface area contributed by atoms with Crippen molar-refractivity contribution in [3.8, 4) is 0 Å². The third-order valence-corrected chi connectivity index (χ3v) is 6.09. The second-order valence-corrected chi connectivity index (χ2v) is 7.42. The molecule has 27 heavy (non-hydrogen) atoms. The first-order valence-electron chi connectivity index (χ1n) is 8.92. The lowest BCUT2D eigenvalue weighted by atomic mass is 9.76. The Hall–Kier alpha value is -2.38. The number of amides is 1. The molecular formula is C19H22ClN5O2. The number of carbonyl (C=O) groups excluding carboxylic acids is 1. The van der Waals surface area contributed by atoms with E-state index in [2.05, 4.69) is 27.0 Å². The van der Waals surface area contributed by atoms with E-state index in [9.17, 15) is 4.79 Å². The number of piperidine rings is 1.